The SMILES string of the molecule is O=C1CCCC2=C1C(c1[nH]ncc1Cl)N=C(Nc1ccn[nH]1)N2. The highest BCUT2D eigenvalue weighted by atomic mass is 35.5. The fourth-order valence-corrected chi connectivity index (χ4v) is 3.07. The number of hydrogen-bond acceptors (Lipinski definition) is 6. The van der Waals surface area contributed by atoms with Crippen molar-refractivity contribution in [2.45, 2.75) is 25.3 Å². The van der Waals surface area contributed by atoms with Crippen molar-refractivity contribution in [2.24, 2.45) is 4.99 Å². The number of carbonyl (C=O) groups is 1. The molecule has 118 valence electrons. The van der Waals surface area contributed by atoms with Crippen molar-refractivity contribution in [2.75, 3.05) is 5.32 Å². The predicted molar refractivity (Wildman–Crippen MR) is 85.0 cm³/mol. The molecule has 0 spiro atoms. The number of nitrogens with zero attached hydrogens (tertiary/aromatic N) is 3. The summed E-state index contributed by atoms with van der Waals surface area (Å²) in [6.45, 7) is 0. The van der Waals surface area contributed by atoms with Gasteiger partial charge in [-0.2, -0.15) is 10.2 Å². The molecule has 1 aliphatic carbocycles. The van der Waals surface area contributed by atoms with Crippen LogP contribution in [0.1, 0.15) is 31.0 Å². The van der Waals surface area contributed by atoms with Crippen molar-refractivity contribution >= 4 is 29.2 Å². The van der Waals surface area contributed by atoms with E-state index in [-0.39, 0.29) is 5.78 Å². The van der Waals surface area contributed by atoms with Crippen LogP contribution >= 0.6 is 11.6 Å². The quantitative estimate of drug-likeness (QED) is 0.671. The summed E-state index contributed by atoms with van der Waals surface area (Å²) in [4.78, 5) is 17.0. The normalized spacial score (nSPS) is 20.8. The van der Waals surface area contributed by atoms with E-state index in [0.717, 1.165) is 18.5 Å². The van der Waals surface area contributed by atoms with Gasteiger partial charge >= 0.3 is 0 Å². The molecule has 4 rings (SSSR count). The number of allylic oxidation sites excluding steroid dienone is 1. The molecule has 1 atom stereocenters. The van der Waals surface area contributed by atoms with Crippen LogP contribution in [0.2, 0.25) is 5.02 Å². The zero-order valence-corrected chi connectivity index (χ0v) is 12.8. The Kier molecular flexibility index (Phi) is 3.38. The molecular weight excluding hydrogens is 318 g/mol. The minimum absolute atomic E-state index is 0.0961. The lowest BCUT2D eigenvalue weighted by molar-refractivity contribution is -0.116. The molecule has 23 heavy (non-hydrogen) atoms. The summed E-state index contributed by atoms with van der Waals surface area (Å²) in [5.74, 6) is 1.34. The fraction of sp³-hybridized carbons (Fsp3) is 0.286. The van der Waals surface area contributed by atoms with Crippen LogP contribution < -0.4 is 10.6 Å². The van der Waals surface area contributed by atoms with E-state index >= 15 is 0 Å². The van der Waals surface area contributed by atoms with E-state index in [1.165, 1.54) is 6.20 Å². The number of aliphatic imine (C=N–C) groups is 1. The average Bonchev–Trinajstić information content (AvgIpc) is 3.18. The molecule has 8 nitrogen and oxygen atoms in total. The Morgan fingerprint density at radius 3 is 2.91 bits per heavy atom. The number of hydrogen-bond donors (Lipinski definition) is 4. The lowest BCUT2D eigenvalue weighted by Gasteiger charge is -2.30. The first kappa shape index (κ1) is 14.0. The summed E-state index contributed by atoms with van der Waals surface area (Å²) in [5.41, 5.74) is 2.17. The molecular formula is C14H14ClN7O. The van der Waals surface area contributed by atoms with Gasteiger partial charge in [-0.3, -0.25) is 15.0 Å². The maximum absolute atomic E-state index is 12.4. The van der Waals surface area contributed by atoms with Gasteiger partial charge in [0.15, 0.2) is 5.78 Å². The van der Waals surface area contributed by atoms with Gasteiger partial charge in [-0.15, -0.1) is 0 Å². The Bertz CT molecular complexity index is 805. The van der Waals surface area contributed by atoms with E-state index in [0.29, 0.717) is 34.5 Å². The molecule has 9 heteroatoms. The number of nitrogens with one attached hydrogen (secondary N) is 4. The second kappa shape index (κ2) is 5.54. The lowest BCUT2D eigenvalue weighted by Crippen LogP contribution is -2.38. The number of guanidine groups is 1. The van der Waals surface area contributed by atoms with Crippen LogP contribution in [0, 0.1) is 0 Å². The molecule has 2 aliphatic rings. The largest absolute Gasteiger partial charge is 0.329 e. The van der Waals surface area contributed by atoms with Crippen LogP contribution in [0.4, 0.5) is 5.82 Å². The number of carbonyl (C=O) groups excluding carboxylic acids is 1. The third-order valence-electron chi connectivity index (χ3n) is 3.90. The molecule has 2 aromatic rings. The second-order valence-electron chi connectivity index (χ2n) is 5.40. The van der Waals surface area contributed by atoms with Gasteiger partial charge in [-0.25, -0.2) is 4.99 Å². The van der Waals surface area contributed by atoms with Crippen LogP contribution in [-0.2, 0) is 4.79 Å². The minimum Gasteiger partial charge on any atom is -0.329 e. The molecule has 2 aromatic heterocycles. The van der Waals surface area contributed by atoms with Crippen LogP contribution in [0.15, 0.2) is 34.7 Å². The van der Waals surface area contributed by atoms with E-state index in [9.17, 15) is 4.79 Å². The standard InChI is InChI=1S/C14H14ClN7O/c15-7-6-17-22-12(7)13-11-8(2-1-3-9(11)23)18-14(20-13)19-10-4-5-16-21-10/h4-6,13H,1-3H2,(H,17,22)(H3,16,18,19,20,21). The van der Waals surface area contributed by atoms with Gasteiger partial charge in [0.25, 0.3) is 0 Å². The number of H-pyrrole nitrogens is 2. The molecule has 3 heterocycles. The summed E-state index contributed by atoms with van der Waals surface area (Å²) in [7, 11) is 0. The number of ketones is 1. The molecule has 0 bridgehead atoms. The van der Waals surface area contributed by atoms with Crippen molar-refractivity contribution in [3.63, 3.8) is 0 Å². The van der Waals surface area contributed by atoms with E-state index in [1.807, 2.05) is 0 Å². The van der Waals surface area contributed by atoms with E-state index < -0.39 is 6.04 Å². The Balaban J connectivity index is 1.74. The van der Waals surface area contributed by atoms with Gasteiger partial charge in [-0.1, -0.05) is 11.6 Å². The first-order chi connectivity index (χ1) is 11.2. The molecule has 1 aliphatic heterocycles. The second-order valence-corrected chi connectivity index (χ2v) is 5.81. The van der Waals surface area contributed by atoms with Crippen molar-refractivity contribution < 1.29 is 4.79 Å². The number of Topliss-reactive ketones (excluding diaryl/α,β-unsaturated/α-hetero) is 1. The number of aromatic nitrogens is 4. The van der Waals surface area contributed by atoms with Crippen molar-refractivity contribution in [1.82, 2.24) is 25.7 Å². The van der Waals surface area contributed by atoms with Gasteiger partial charge < -0.3 is 10.6 Å². The first-order valence-corrected chi connectivity index (χ1v) is 7.66. The smallest absolute Gasteiger partial charge is 0.202 e. The van der Waals surface area contributed by atoms with Crippen molar-refractivity contribution in [3.8, 4) is 0 Å². The summed E-state index contributed by atoms with van der Waals surface area (Å²) < 4.78 is 0. The Hall–Kier alpha value is -2.61. The third kappa shape index (κ3) is 2.50. The highest BCUT2D eigenvalue weighted by Crippen LogP contribution is 2.37. The molecule has 4 N–H and O–H groups in total. The fourth-order valence-electron chi connectivity index (χ4n) is 2.88. The van der Waals surface area contributed by atoms with Crippen LogP contribution in [0.5, 0.6) is 0 Å². The first-order valence-electron chi connectivity index (χ1n) is 7.28. The molecule has 0 saturated carbocycles. The number of halogens is 1. The minimum atomic E-state index is -0.487. The average molecular weight is 332 g/mol. The summed E-state index contributed by atoms with van der Waals surface area (Å²) in [6, 6.07) is 1.30. The van der Waals surface area contributed by atoms with Gasteiger partial charge in [0.1, 0.15) is 11.9 Å². The topological polar surface area (TPSA) is 111 Å². The van der Waals surface area contributed by atoms with Gasteiger partial charge in [-0.05, 0) is 12.8 Å². The van der Waals surface area contributed by atoms with E-state index in [2.05, 4.69) is 36.0 Å². The van der Waals surface area contributed by atoms with Gasteiger partial charge in [0.05, 0.1) is 23.1 Å². The highest BCUT2D eigenvalue weighted by Gasteiger charge is 2.34. The summed E-state index contributed by atoms with van der Waals surface area (Å²) in [5, 5.41) is 20.3. The highest BCUT2D eigenvalue weighted by molar-refractivity contribution is 6.31. The Labute approximate surface area is 136 Å². The van der Waals surface area contributed by atoms with Crippen molar-refractivity contribution in [3.05, 3.63) is 40.4 Å². The Morgan fingerprint density at radius 2 is 2.17 bits per heavy atom. The van der Waals surface area contributed by atoms with Gasteiger partial charge in [0, 0.05) is 23.8 Å². The zero-order chi connectivity index (χ0) is 15.8. The summed E-state index contributed by atoms with van der Waals surface area (Å²) in [6.07, 6.45) is 5.31. The molecule has 1 unspecified atom stereocenters. The number of rotatable bonds is 2. The maximum atomic E-state index is 12.4. The molecule has 0 aromatic carbocycles. The van der Waals surface area contributed by atoms with E-state index in [4.69, 9.17) is 11.6 Å². The monoisotopic (exact) mass is 331 g/mol. The van der Waals surface area contributed by atoms with Crippen LogP contribution in [0.25, 0.3) is 0 Å². The molecule has 0 radical (unpaired) electrons. The van der Waals surface area contributed by atoms with E-state index in [1.54, 1.807) is 12.3 Å². The number of anilines is 1. The van der Waals surface area contributed by atoms with Crippen molar-refractivity contribution in [1.29, 1.82) is 0 Å². The zero-order valence-electron chi connectivity index (χ0n) is 12.1. The molecule has 0 amide bonds. The van der Waals surface area contributed by atoms with Crippen LogP contribution in [-0.4, -0.2) is 32.1 Å². The summed E-state index contributed by atoms with van der Waals surface area (Å²) >= 11 is 6.19. The number of aromatic amines is 2. The maximum Gasteiger partial charge on any atom is 0.202 e. The third-order valence-corrected chi connectivity index (χ3v) is 4.21. The van der Waals surface area contributed by atoms with Gasteiger partial charge in [0.2, 0.25) is 5.96 Å². The predicted octanol–water partition coefficient (Wildman–Crippen LogP) is 1.91. The molecule has 0 saturated heterocycles. The van der Waals surface area contributed by atoms with Crippen LogP contribution in [0.3, 0.4) is 0 Å². The molecule has 0 fully saturated rings. The lowest BCUT2D eigenvalue weighted by atomic mass is 9.88. The Morgan fingerprint density at radius 1 is 1.26 bits per heavy atom.